The lowest BCUT2D eigenvalue weighted by atomic mass is 9.95. The molecule has 1 aromatic carbocycles. The number of aromatic nitrogens is 1. The number of nitrogens with one attached hydrogen (secondary N) is 1. The number of halogens is 1. The maximum Gasteiger partial charge on any atom is 0.139 e. The van der Waals surface area contributed by atoms with Crippen molar-refractivity contribution < 1.29 is 4.74 Å². The van der Waals surface area contributed by atoms with Gasteiger partial charge in [-0.2, -0.15) is 0 Å². The Morgan fingerprint density at radius 1 is 1.29 bits per heavy atom. The van der Waals surface area contributed by atoms with Gasteiger partial charge < -0.3 is 10.1 Å². The second-order valence-corrected chi connectivity index (χ2v) is 6.35. The van der Waals surface area contributed by atoms with E-state index in [-0.39, 0.29) is 6.10 Å². The summed E-state index contributed by atoms with van der Waals surface area (Å²) in [6.45, 7) is 2.11. The van der Waals surface area contributed by atoms with Crippen LogP contribution < -0.4 is 10.1 Å². The summed E-state index contributed by atoms with van der Waals surface area (Å²) < 4.78 is 7.20. The standard InChI is InChI=1S/C17H19BrN2O/c18-15-9-16(12-20-11-15)21-17(14-6-7-19-10-14)8-13-4-2-1-3-5-13/h1-5,9,11-12,14,17,19H,6-8,10H2. The van der Waals surface area contributed by atoms with Gasteiger partial charge in [-0.3, -0.25) is 4.98 Å². The maximum absolute atomic E-state index is 6.25. The van der Waals surface area contributed by atoms with Gasteiger partial charge in [0, 0.05) is 29.6 Å². The molecule has 1 N–H and O–H groups in total. The van der Waals surface area contributed by atoms with E-state index in [0.29, 0.717) is 5.92 Å². The highest BCUT2D eigenvalue weighted by molar-refractivity contribution is 9.10. The third-order valence-electron chi connectivity index (χ3n) is 3.87. The second-order valence-electron chi connectivity index (χ2n) is 5.44. The second kappa shape index (κ2) is 7.05. The third kappa shape index (κ3) is 4.05. The highest BCUT2D eigenvalue weighted by atomic mass is 79.9. The predicted molar refractivity (Wildman–Crippen MR) is 87.5 cm³/mol. The fourth-order valence-corrected chi connectivity index (χ4v) is 3.12. The molecule has 1 saturated heterocycles. The minimum atomic E-state index is 0.179. The molecule has 2 unspecified atom stereocenters. The molecule has 1 fully saturated rings. The van der Waals surface area contributed by atoms with Crippen molar-refractivity contribution >= 4 is 15.9 Å². The number of nitrogens with zero attached hydrogens (tertiary/aromatic N) is 1. The fourth-order valence-electron chi connectivity index (χ4n) is 2.78. The average Bonchev–Trinajstić information content (AvgIpc) is 3.02. The Morgan fingerprint density at radius 3 is 2.86 bits per heavy atom. The molecule has 21 heavy (non-hydrogen) atoms. The van der Waals surface area contributed by atoms with Gasteiger partial charge in [-0.25, -0.2) is 0 Å². The Balaban J connectivity index is 1.75. The molecule has 2 atom stereocenters. The molecule has 2 aromatic rings. The largest absolute Gasteiger partial charge is 0.488 e. The number of benzene rings is 1. The van der Waals surface area contributed by atoms with Crippen molar-refractivity contribution in [3.63, 3.8) is 0 Å². The highest BCUT2D eigenvalue weighted by Gasteiger charge is 2.26. The third-order valence-corrected chi connectivity index (χ3v) is 4.30. The van der Waals surface area contributed by atoms with Gasteiger partial charge in [0.15, 0.2) is 0 Å². The molecule has 4 heteroatoms. The van der Waals surface area contributed by atoms with Crippen LogP contribution in [0.25, 0.3) is 0 Å². The summed E-state index contributed by atoms with van der Waals surface area (Å²) in [5.41, 5.74) is 1.32. The lowest BCUT2D eigenvalue weighted by Crippen LogP contribution is -2.31. The predicted octanol–water partition coefficient (Wildman–Crippen LogP) is 3.44. The molecule has 1 aromatic heterocycles. The summed E-state index contributed by atoms with van der Waals surface area (Å²) in [5.74, 6) is 1.38. The molecule has 1 aliphatic rings. The lowest BCUT2D eigenvalue weighted by Gasteiger charge is -2.24. The van der Waals surface area contributed by atoms with E-state index < -0.39 is 0 Å². The van der Waals surface area contributed by atoms with E-state index in [1.165, 1.54) is 12.0 Å². The Labute approximate surface area is 133 Å². The van der Waals surface area contributed by atoms with Crippen molar-refractivity contribution in [1.29, 1.82) is 0 Å². The van der Waals surface area contributed by atoms with Crippen LogP contribution in [0.1, 0.15) is 12.0 Å². The van der Waals surface area contributed by atoms with Gasteiger partial charge in [0.2, 0.25) is 0 Å². The van der Waals surface area contributed by atoms with Crippen molar-refractivity contribution in [2.75, 3.05) is 13.1 Å². The first-order valence-electron chi connectivity index (χ1n) is 7.33. The first-order valence-corrected chi connectivity index (χ1v) is 8.12. The van der Waals surface area contributed by atoms with Gasteiger partial charge in [-0.15, -0.1) is 0 Å². The lowest BCUT2D eigenvalue weighted by molar-refractivity contribution is 0.142. The van der Waals surface area contributed by atoms with Gasteiger partial charge in [0.25, 0.3) is 0 Å². The smallest absolute Gasteiger partial charge is 0.139 e. The van der Waals surface area contributed by atoms with Crippen LogP contribution in [0.3, 0.4) is 0 Å². The molecule has 1 aliphatic heterocycles. The van der Waals surface area contributed by atoms with Crippen LogP contribution in [0.2, 0.25) is 0 Å². The van der Waals surface area contributed by atoms with Crippen molar-refractivity contribution in [2.24, 2.45) is 5.92 Å². The van der Waals surface area contributed by atoms with Gasteiger partial charge in [0.05, 0.1) is 6.20 Å². The average molecular weight is 347 g/mol. The minimum absolute atomic E-state index is 0.179. The Bertz CT molecular complexity index is 570. The van der Waals surface area contributed by atoms with Crippen molar-refractivity contribution in [1.82, 2.24) is 10.3 Å². The Hall–Kier alpha value is -1.39. The van der Waals surface area contributed by atoms with Gasteiger partial charge >= 0.3 is 0 Å². The van der Waals surface area contributed by atoms with Gasteiger partial charge in [0.1, 0.15) is 11.9 Å². The van der Waals surface area contributed by atoms with Crippen molar-refractivity contribution in [3.8, 4) is 5.75 Å². The number of pyridine rings is 1. The molecule has 0 amide bonds. The molecule has 0 aliphatic carbocycles. The monoisotopic (exact) mass is 346 g/mol. The highest BCUT2D eigenvalue weighted by Crippen LogP contribution is 2.24. The number of ether oxygens (including phenoxy) is 1. The summed E-state index contributed by atoms with van der Waals surface area (Å²) in [6.07, 6.45) is 5.83. The van der Waals surface area contributed by atoms with E-state index in [0.717, 1.165) is 29.7 Å². The quantitative estimate of drug-likeness (QED) is 0.900. The van der Waals surface area contributed by atoms with E-state index in [1.54, 1.807) is 12.4 Å². The summed E-state index contributed by atoms with van der Waals surface area (Å²) in [5, 5.41) is 3.43. The van der Waals surface area contributed by atoms with Gasteiger partial charge in [-0.1, -0.05) is 30.3 Å². The van der Waals surface area contributed by atoms with Crippen LogP contribution in [0.4, 0.5) is 0 Å². The molecule has 0 radical (unpaired) electrons. The van der Waals surface area contributed by atoms with E-state index >= 15 is 0 Å². The molecule has 0 saturated carbocycles. The SMILES string of the molecule is Brc1cncc(OC(Cc2ccccc2)C2CCNC2)c1. The number of hydrogen-bond donors (Lipinski definition) is 1. The Kier molecular flexibility index (Phi) is 4.88. The zero-order valence-corrected chi connectivity index (χ0v) is 13.4. The van der Waals surface area contributed by atoms with E-state index in [4.69, 9.17) is 4.74 Å². The van der Waals surface area contributed by atoms with E-state index in [1.807, 2.05) is 6.07 Å². The fraction of sp³-hybridized carbons (Fsp3) is 0.353. The molecule has 3 nitrogen and oxygen atoms in total. The molecule has 0 spiro atoms. The van der Waals surface area contributed by atoms with Crippen LogP contribution in [0, 0.1) is 5.92 Å². The van der Waals surface area contributed by atoms with E-state index in [2.05, 4.69) is 56.6 Å². The van der Waals surface area contributed by atoms with E-state index in [9.17, 15) is 0 Å². The van der Waals surface area contributed by atoms with Crippen LogP contribution in [-0.4, -0.2) is 24.2 Å². The summed E-state index contributed by atoms with van der Waals surface area (Å²) in [6, 6.07) is 12.5. The maximum atomic E-state index is 6.25. The molecule has 2 heterocycles. The van der Waals surface area contributed by atoms with Crippen molar-refractivity contribution in [2.45, 2.75) is 18.9 Å². The van der Waals surface area contributed by atoms with Crippen LogP contribution >= 0.6 is 15.9 Å². The normalized spacial score (nSPS) is 19.4. The summed E-state index contributed by atoms with van der Waals surface area (Å²) in [4.78, 5) is 4.18. The van der Waals surface area contributed by atoms with Gasteiger partial charge in [-0.05, 0) is 40.5 Å². The van der Waals surface area contributed by atoms with Crippen LogP contribution in [0.15, 0.2) is 53.3 Å². The Morgan fingerprint density at radius 2 is 2.14 bits per heavy atom. The first kappa shape index (κ1) is 14.5. The first-order chi connectivity index (χ1) is 10.3. The van der Waals surface area contributed by atoms with Crippen molar-refractivity contribution in [3.05, 3.63) is 58.8 Å². The molecular formula is C17H19BrN2O. The molecule has 110 valence electrons. The zero-order valence-electron chi connectivity index (χ0n) is 11.8. The summed E-state index contributed by atoms with van der Waals surface area (Å²) >= 11 is 3.45. The molecule has 3 rings (SSSR count). The van der Waals surface area contributed by atoms with Crippen LogP contribution in [-0.2, 0) is 6.42 Å². The molecular weight excluding hydrogens is 328 g/mol. The molecule has 0 bridgehead atoms. The minimum Gasteiger partial charge on any atom is -0.488 e. The summed E-state index contributed by atoms with van der Waals surface area (Å²) in [7, 11) is 0. The number of hydrogen-bond acceptors (Lipinski definition) is 3. The van der Waals surface area contributed by atoms with Crippen LogP contribution in [0.5, 0.6) is 5.75 Å². The number of rotatable bonds is 5. The topological polar surface area (TPSA) is 34.1 Å². The zero-order chi connectivity index (χ0) is 14.5.